The number of hydrogen-bond donors (Lipinski definition) is 1. The van der Waals surface area contributed by atoms with Gasteiger partial charge in [0.2, 0.25) is 0 Å². The van der Waals surface area contributed by atoms with Gasteiger partial charge in [0.25, 0.3) is 0 Å². The zero-order valence-electron chi connectivity index (χ0n) is 15.7. The maximum absolute atomic E-state index is 14.6. The Kier molecular flexibility index (Phi) is 4.94. The highest BCUT2D eigenvalue weighted by Gasteiger charge is 2.18. The molecule has 0 radical (unpaired) electrons. The lowest BCUT2D eigenvalue weighted by atomic mass is 10.1. The fourth-order valence-corrected chi connectivity index (χ4v) is 2.66. The molecule has 0 atom stereocenters. The standard InChI is InChI=1S/C20H21FN4O2/c1-20(2,3)27-19(26)23-14-10-15-17(8-7-13-6-5-9-22-12-13)24-25(4)18(15)16(21)11-14/h5-12H,1-4H3,(H,23,26)/b8-7+. The minimum Gasteiger partial charge on any atom is -0.444 e. The number of rotatable bonds is 3. The van der Waals surface area contributed by atoms with Gasteiger partial charge in [-0.1, -0.05) is 12.1 Å². The second kappa shape index (κ2) is 7.19. The summed E-state index contributed by atoms with van der Waals surface area (Å²) in [6.45, 7) is 5.29. The number of pyridine rings is 1. The van der Waals surface area contributed by atoms with Crippen LogP contribution >= 0.6 is 0 Å². The van der Waals surface area contributed by atoms with E-state index in [1.165, 1.54) is 10.7 Å². The first-order valence-electron chi connectivity index (χ1n) is 8.47. The van der Waals surface area contributed by atoms with E-state index >= 15 is 0 Å². The van der Waals surface area contributed by atoms with E-state index in [0.29, 0.717) is 22.3 Å². The smallest absolute Gasteiger partial charge is 0.412 e. The van der Waals surface area contributed by atoms with E-state index in [9.17, 15) is 9.18 Å². The quantitative estimate of drug-likeness (QED) is 0.732. The molecule has 6 nitrogen and oxygen atoms in total. The Morgan fingerprint density at radius 1 is 1.30 bits per heavy atom. The summed E-state index contributed by atoms with van der Waals surface area (Å²) in [5.41, 5.74) is 1.51. The lowest BCUT2D eigenvalue weighted by Gasteiger charge is -2.19. The highest BCUT2D eigenvalue weighted by Crippen LogP contribution is 2.27. The monoisotopic (exact) mass is 368 g/mol. The molecule has 27 heavy (non-hydrogen) atoms. The largest absolute Gasteiger partial charge is 0.444 e. The predicted octanol–water partition coefficient (Wildman–Crippen LogP) is 4.62. The first kappa shape index (κ1) is 18.6. The molecule has 3 aromatic rings. The van der Waals surface area contributed by atoms with E-state index in [1.54, 1.807) is 52.4 Å². The topological polar surface area (TPSA) is 69.0 Å². The van der Waals surface area contributed by atoms with Crippen molar-refractivity contribution in [2.75, 3.05) is 5.32 Å². The number of anilines is 1. The summed E-state index contributed by atoms with van der Waals surface area (Å²) in [4.78, 5) is 16.0. The Morgan fingerprint density at radius 3 is 2.74 bits per heavy atom. The molecule has 0 aliphatic rings. The fourth-order valence-electron chi connectivity index (χ4n) is 2.66. The third-order valence-electron chi connectivity index (χ3n) is 3.68. The third kappa shape index (κ3) is 4.49. The summed E-state index contributed by atoms with van der Waals surface area (Å²) in [6.07, 6.45) is 6.41. The Morgan fingerprint density at radius 2 is 2.07 bits per heavy atom. The second-order valence-electron chi connectivity index (χ2n) is 7.11. The van der Waals surface area contributed by atoms with Crippen molar-refractivity contribution in [2.24, 2.45) is 7.05 Å². The van der Waals surface area contributed by atoms with E-state index in [-0.39, 0.29) is 0 Å². The third-order valence-corrected chi connectivity index (χ3v) is 3.68. The summed E-state index contributed by atoms with van der Waals surface area (Å²) in [6, 6.07) is 6.67. The highest BCUT2D eigenvalue weighted by atomic mass is 19.1. The molecule has 0 fully saturated rings. The van der Waals surface area contributed by atoms with E-state index in [4.69, 9.17) is 4.74 Å². The summed E-state index contributed by atoms with van der Waals surface area (Å²) >= 11 is 0. The molecule has 0 spiro atoms. The van der Waals surface area contributed by atoms with Crippen LogP contribution in [-0.4, -0.2) is 26.5 Å². The SMILES string of the molecule is Cn1nc(/C=C/c2cccnc2)c2cc(NC(=O)OC(C)(C)C)cc(F)c21. The number of benzene rings is 1. The van der Waals surface area contributed by atoms with Gasteiger partial charge in [-0.25, -0.2) is 9.18 Å². The van der Waals surface area contributed by atoms with Gasteiger partial charge in [-0.3, -0.25) is 15.0 Å². The van der Waals surface area contributed by atoms with Gasteiger partial charge in [0.05, 0.1) is 5.69 Å². The van der Waals surface area contributed by atoms with Crippen molar-refractivity contribution in [3.63, 3.8) is 0 Å². The summed E-state index contributed by atoms with van der Waals surface area (Å²) in [7, 11) is 1.67. The molecule has 7 heteroatoms. The normalized spacial score (nSPS) is 11.9. The van der Waals surface area contributed by atoms with E-state index in [2.05, 4.69) is 15.4 Å². The van der Waals surface area contributed by atoms with E-state index in [1.807, 2.05) is 18.2 Å². The van der Waals surface area contributed by atoms with Crippen LogP contribution in [0.25, 0.3) is 23.1 Å². The number of halogens is 1. The molecule has 1 aromatic carbocycles. The first-order chi connectivity index (χ1) is 12.7. The van der Waals surface area contributed by atoms with Crippen LogP contribution in [0.2, 0.25) is 0 Å². The molecule has 0 unspecified atom stereocenters. The van der Waals surface area contributed by atoms with Crippen LogP contribution in [0.4, 0.5) is 14.9 Å². The molecular weight excluding hydrogens is 347 g/mol. The van der Waals surface area contributed by atoms with Crippen molar-refractivity contribution in [1.82, 2.24) is 14.8 Å². The molecule has 1 N–H and O–H groups in total. The van der Waals surface area contributed by atoms with Crippen molar-refractivity contribution >= 4 is 34.8 Å². The van der Waals surface area contributed by atoms with Gasteiger partial charge in [0.15, 0.2) is 5.82 Å². The average Bonchev–Trinajstić information content (AvgIpc) is 2.88. The zero-order valence-corrected chi connectivity index (χ0v) is 15.7. The van der Waals surface area contributed by atoms with Gasteiger partial charge in [0, 0.05) is 30.5 Å². The molecule has 1 amide bonds. The second-order valence-corrected chi connectivity index (χ2v) is 7.11. The summed E-state index contributed by atoms with van der Waals surface area (Å²) in [5, 5.41) is 7.53. The van der Waals surface area contributed by atoms with Crippen molar-refractivity contribution in [2.45, 2.75) is 26.4 Å². The average molecular weight is 368 g/mol. The number of carbonyl (C=O) groups is 1. The van der Waals surface area contributed by atoms with Gasteiger partial charge >= 0.3 is 6.09 Å². The van der Waals surface area contributed by atoms with Crippen LogP contribution in [0.3, 0.4) is 0 Å². The molecule has 2 aromatic heterocycles. The maximum Gasteiger partial charge on any atom is 0.412 e. The van der Waals surface area contributed by atoms with Gasteiger partial charge in [-0.2, -0.15) is 5.10 Å². The number of hydrogen-bond acceptors (Lipinski definition) is 4. The predicted molar refractivity (Wildman–Crippen MR) is 104 cm³/mol. The number of aryl methyl sites for hydroxylation is 1. The number of nitrogens with one attached hydrogen (secondary N) is 1. The lowest BCUT2D eigenvalue weighted by molar-refractivity contribution is 0.0636. The van der Waals surface area contributed by atoms with Crippen LogP contribution in [0.1, 0.15) is 32.0 Å². The number of amides is 1. The van der Waals surface area contributed by atoms with Crippen LogP contribution < -0.4 is 5.32 Å². The lowest BCUT2D eigenvalue weighted by Crippen LogP contribution is -2.27. The van der Waals surface area contributed by atoms with Crippen molar-refractivity contribution in [3.05, 3.63) is 53.7 Å². The summed E-state index contributed by atoms with van der Waals surface area (Å²) < 4.78 is 21.3. The Balaban J connectivity index is 1.95. The van der Waals surface area contributed by atoms with Crippen LogP contribution in [-0.2, 0) is 11.8 Å². The highest BCUT2D eigenvalue weighted by molar-refractivity contribution is 5.95. The van der Waals surface area contributed by atoms with Crippen LogP contribution in [0.5, 0.6) is 0 Å². The van der Waals surface area contributed by atoms with E-state index in [0.717, 1.165) is 5.56 Å². The van der Waals surface area contributed by atoms with Crippen molar-refractivity contribution < 1.29 is 13.9 Å². The number of aromatic nitrogens is 3. The molecule has 0 bridgehead atoms. The minimum absolute atomic E-state index is 0.304. The van der Waals surface area contributed by atoms with Gasteiger partial charge < -0.3 is 4.74 Å². The maximum atomic E-state index is 14.6. The number of ether oxygens (including phenoxy) is 1. The van der Waals surface area contributed by atoms with Crippen LogP contribution in [0, 0.1) is 5.82 Å². The molecular formula is C20H21FN4O2. The fraction of sp³-hybridized carbons (Fsp3) is 0.250. The number of fused-ring (bicyclic) bond motifs is 1. The number of nitrogens with zero attached hydrogens (tertiary/aromatic N) is 3. The van der Waals surface area contributed by atoms with E-state index < -0.39 is 17.5 Å². The van der Waals surface area contributed by atoms with Gasteiger partial charge in [0.1, 0.15) is 11.1 Å². The Bertz CT molecular complexity index is 1000. The Labute approximate surface area is 156 Å². The molecule has 0 saturated heterocycles. The van der Waals surface area contributed by atoms with Crippen molar-refractivity contribution in [1.29, 1.82) is 0 Å². The molecule has 0 aliphatic carbocycles. The zero-order chi connectivity index (χ0) is 19.6. The minimum atomic E-state index is -0.641. The molecule has 2 heterocycles. The van der Waals surface area contributed by atoms with Crippen LogP contribution in [0.15, 0.2) is 36.7 Å². The van der Waals surface area contributed by atoms with Gasteiger partial charge in [-0.15, -0.1) is 0 Å². The number of carbonyl (C=O) groups excluding carboxylic acids is 1. The Hall–Kier alpha value is -3.22. The molecule has 0 aliphatic heterocycles. The van der Waals surface area contributed by atoms with Crippen molar-refractivity contribution in [3.8, 4) is 0 Å². The molecule has 3 rings (SSSR count). The first-order valence-corrected chi connectivity index (χ1v) is 8.47. The molecule has 0 saturated carbocycles. The molecule has 140 valence electrons. The van der Waals surface area contributed by atoms with Gasteiger partial charge in [-0.05, 0) is 50.6 Å². The summed E-state index contributed by atoms with van der Waals surface area (Å²) in [5.74, 6) is -0.477.